The fourth-order valence-corrected chi connectivity index (χ4v) is 1.63. The van der Waals surface area contributed by atoms with Crippen molar-refractivity contribution in [3.8, 4) is 0 Å². The van der Waals surface area contributed by atoms with Gasteiger partial charge in [0.15, 0.2) is 0 Å². The average Bonchev–Trinajstić information content (AvgIpc) is 2.52. The lowest BCUT2D eigenvalue weighted by molar-refractivity contribution is 0.632. The second-order valence-electron chi connectivity index (χ2n) is 3.72. The number of hydrogen-bond acceptors (Lipinski definition) is 0. The zero-order chi connectivity index (χ0) is 9.52. The van der Waals surface area contributed by atoms with Crippen molar-refractivity contribution < 1.29 is 0 Å². The van der Waals surface area contributed by atoms with E-state index in [1.165, 1.54) is 49.8 Å². The van der Waals surface area contributed by atoms with Crippen molar-refractivity contribution >= 4 is 0 Å². The zero-order valence-electron chi connectivity index (χ0n) is 8.84. The van der Waals surface area contributed by atoms with Crippen LogP contribution in [0.4, 0.5) is 0 Å². The summed E-state index contributed by atoms with van der Waals surface area (Å²) in [5.41, 5.74) is 2.66. The molecule has 0 bridgehead atoms. The van der Waals surface area contributed by atoms with Crippen molar-refractivity contribution in [2.75, 3.05) is 0 Å². The van der Waals surface area contributed by atoms with E-state index in [-0.39, 0.29) is 0 Å². The summed E-state index contributed by atoms with van der Waals surface area (Å²) in [4.78, 5) is 0. The molecule has 0 unspecified atom stereocenters. The predicted molar refractivity (Wildman–Crippen MR) is 57.4 cm³/mol. The maximum atomic E-state index is 4.23. The van der Waals surface area contributed by atoms with Crippen LogP contribution in [0.25, 0.3) is 0 Å². The second-order valence-corrected chi connectivity index (χ2v) is 3.72. The summed E-state index contributed by atoms with van der Waals surface area (Å²) in [7, 11) is 0. The highest BCUT2D eigenvalue weighted by Crippen LogP contribution is 2.18. The number of unbranched alkanes of at least 4 members (excludes halogenated alkanes) is 4. The van der Waals surface area contributed by atoms with E-state index < -0.39 is 0 Å². The van der Waals surface area contributed by atoms with E-state index in [0.717, 1.165) is 0 Å². The van der Waals surface area contributed by atoms with Gasteiger partial charge in [-0.1, -0.05) is 32.6 Å². The van der Waals surface area contributed by atoms with Crippen LogP contribution in [-0.2, 0) is 0 Å². The SMILES string of the molecule is CCCCCCCC1=C(C)[N]C=C1. The quantitative estimate of drug-likeness (QED) is 0.550. The molecule has 1 radical (unpaired) electrons. The molecule has 0 saturated heterocycles. The Kier molecular flexibility index (Phi) is 4.66. The van der Waals surface area contributed by atoms with Gasteiger partial charge < -0.3 is 0 Å². The molecule has 0 fully saturated rings. The molecule has 1 nitrogen and oxygen atoms in total. The molecule has 0 saturated carbocycles. The molecule has 1 aliphatic rings. The van der Waals surface area contributed by atoms with E-state index in [1.54, 1.807) is 0 Å². The van der Waals surface area contributed by atoms with Crippen LogP contribution in [0.5, 0.6) is 0 Å². The van der Waals surface area contributed by atoms with Gasteiger partial charge >= 0.3 is 0 Å². The van der Waals surface area contributed by atoms with E-state index >= 15 is 0 Å². The molecule has 0 aromatic rings. The first-order valence-electron chi connectivity index (χ1n) is 5.41. The third-order valence-electron chi connectivity index (χ3n) is 2.56. The Morgan fingerprint density at radius 3 is 2.54 bits per heavy atom. The lowest BCUT2D eigenvalue weighted by Crippen LogP contribution is -1.88. The Labute approximate surface area is 81.9 Å². The molecule has 0 atom stereocenters. The molecule has 1 heteroatoms. The number of rotatable bonds is 6. The normalized spacial score (nSPS) is 15.2. The van der Waals surface area contributed by atoms with Gasteiger partial charge in [0, 0.05) is 11.9 Å². The third-order valence-corrected chi connectivity index (χ3v) is 2.56. The highest BCUT2D eigenvalue weighted by atomic mass is 14.9. The highest BCUT2D eigenvalue weighted by Gasteiger charge is 2.04. The Bertz CT molecular complexity index is 201. The molecule has 13 heavy (non-hydrogen) atoms. The van der Waals surface area contributed by atoms with E-state index in [9.17, 15) is 0 Å². The summed E-state index contributed by atoms with van der Waals surface area (Å²) in [5.74, 6) is 0. The van der Waals surface area contributed by atoms with Gasteiger partial charge in [-0.15, -0.1) is 0 Å². The zero-order valence-corrected chi connectivity index (χ0v) is 8.84. The van der Waals surface area contributed by atoms with E-state index in [4.69, 9.17) is 0 Å². The average molecular weight is 178 g/mol. The van der Waals surface area contributed by atoms with Gasteiger partial charge in [-0.3, -0.25) is 5.32 Å². The van der Waals surface area contributed by atoms with Gasteiger partial charge in [-0.2, -0.15) is 0 Å². The lowest BCUT2D eigenvalue weighted by atomic mass is 10.1. The monoisotopic (exact) mass is 178 g/mol. The maximum absolute atomic E-state index is 4.23. The van der Waals surface area contributed by atoms with Crippen molar-refractivity contribution in [3.63, 3.8) is 0 Å². The molecule has 1 aliphatic heterocycles. The molecular weight excluding hydrogens is 158 g/mol. The van der Waals surface area contributed by atoms with Crippen LogP contribution < -0.4 is 5.32 Å². The van der Waals surface area contributed by atoms with Crippen LogP contribution >= 0.6 is 0 Å². The molecule has 0 amide bonds. The summed E-state index contributed by atoms with van der Waals surface area (Å²) in [6, 6.07) is 0. The Morgan fingerprint density at radius 2 is 1.92 bits per heavy atom. The molecule has 0 aromatic carbocycles. The molecular formula is C12H20N. The molecule has 0 aliphatic carbocycles. The highest BCUT2D eigenvalue weighted by molar-refractivity contribution is 5.29. The first kappa shape index (κ1) is 10.4. The standard InChI is InChI=1S/C12H20N/c1-3-4-5-6-7-8-12-9-10-13-11(12)2/h9-10H,3-8H2,1-2H3. The smallest absolute Gasteiger partial charge is 0.0405 e. The number of allylic oxidation sites excluding steroid dienone is 3. The van der Waals surface area contributed by atoms with Crippen LogP contribution in [0.1, 0.15) is 52.4 Å². The van der Waals surface area contributed by atoms with Gasteiger partial charge in [0.05, 0.1) is 0 Å². The van der Waals surface area contributed by atoms with Crippen molar-refractivity contribution in [1.29, 1.82) is 0 Å². The van der Waals surface area contributed by atoms with Crippen LogP contribution in [-0.4, -0.2) is 0 Å². The predicted octanol–water partition coefficient (Wildman–Crippen LogP) is 3.75. The molecule has 1 rings (SSSR count). The summed E-state index contributed by atoms with van der Waals surface area (Å²) >= 11 is 0. The van der Waals surface area contributed by atoms with E-state index in [2.05, 4.69) is 25.2 Å². The minimum Gasteiger partial charge on any atom is -0.261 e. The van der Waals surface area contributed by atoms with Crippen LogP contribution in [0, 0.1) is 0 Å². The Hall–Kier alpha value is -0.720. The maximum Gasteiger partial charge on any atom is 0.0405 e. The molecule has 1 heterocycles. The van der Waals surface area contributed by atoms with Crippen molar-refractivity contribution in [3.05, 3.63) is 23.5 Å². The Morgan fingerprint density at radius 1 is 1.15 bits per heavy atom. The Balaban J connectivity index is 2.06. The van der Waals surface area contributed by atoms with Gasteiger partial charge in [-0.25, -0.2) is 0 Å². The minimum atomic E-state index is 1.22. The fourth-order valence-electron chi connectivity index (χ4n) is 1.63. The second kappa shape index (κ2) is 5.85. The van der Waals surface area contributed by atoms with Crippen LogP contribution in [0.2, 0.25) is 0 Å². The summed E-state index contributed by atoms with van der Waals surface area (Å²) < 4.78 is 0. The minimum absolute atomic E-state index is 1.22. The topological polar surface area (TPSA) is 14.1 Å². The van der Waals surface area contributed by atoms with Crippen LogP contribution in [0.3, 0.4) is 0 Å². The third kappa shape index (κ3) is 3.67. The number of nitrogens with zero attached hydrogens (tertiary/aromatic N) is 1. The first-order valence-corrected chi connectivity index (χ1v) is 5.41. The van der Waals surface area contributed by atoms with Crippen LogP contribution in [0.15, 0.2) is 23.5 Å². The van der Waals surface area contributed by atoms with Crippen molar-refractivity contribution in [1.82, 2.24) is 5.32 Å². The lowest BCUT2D eigenvalue weighted by Gasteiger charge is -2.01. The van der Waals surface area contributed by atoms with Gasteiger partial charge in [0.25, 0.3) is 0 Å². The van der Waals surface area contributed by atoms with Crippen molar-refractivity contribution in [2.45, 2.75) is 52.4 Å². The first-order chi connectivity index (χ1) is 6.34. The number of hydrogen-bond donors (Lipinski definition) is 0. The molecule has 0 spiro atoms. The van der Waals surface area contributed by atoms with E-state index in [1.807, 2.05) is 6.20 Å². The fraction of sp³-hybridized carbons (Fsp3) is 0.667. The summed E-state index contributed by atoms with van der Waals surface area (Å²) in [5, 5.41) is 4.23. The largest absolute Gasteiger partial charge is 0.261 e. The summed E-state index contributed by atoms with van der Waals surface area (Å²) in [6.07, 6.45) is 12.1. The molecule has 73 valence electrons. The van der Waals surface area contributed by atoms with Gasteiger partial charge in [0.2, 0.25) is 0 Å². The van der Waals surface area contributed by atoms with Gasteiger partial charge in [0.1, 0.15) is 0 Å². The van der Waals surface area contributed by atoms with Gasteiger partial charge in [-0.05, 0) is 31.4 Å². The molecule has 0 N–H and O–H groups in total. The van der Waals surface area contributed by atoms with Crippen molar-refractivity contribution in [2.24, 2.45) is 0 Å². The molecule has 0 aromatic heterocycles. The van der Waals surface area contributed by atoms with E-state index in [0.29, 0.717) is 0 Å². The summed E-state index contributed by atoms with van der Waals surface area (Å²) in [6.45, 7) is 4.35.